The van der Waals surface area contributed by atoms with E-state index in [1.165, 1.54) is 0 Å². The molecule has 2 aromatic carbocycles. The highest BCUT2D eigenvalue weighted by atomic mass is 16.5. The fraction of sp³-hybridized carbons (Fsp3) is 0.333. The minimum absolute atomic E-state index is 0.154. The number of rotatable bonds is 8. The van der Waals surface area contributed by atoms with Crippen molar-refractivity contribution in [1.82, 2.24) is 5.32 Å². The Hall–Kier alpha value is -3.02. The maximum atomic E-state index is 12.6. The van der Waals surface area contributed by atoms with Gasteiger partial charge in [-0.25, -0.2) is 4.79 Å². The lowest BCUT2D eigenvalue weighted by Crippen LogP contribution is -2.44. The summed E-state index contributed by atoms with van der Waals surface area (Å²) in [5.41, 5.74) is 1.52. The van der Waals surface area contributed by atoms with Crippen molar-refractivity contribution in [2.24, 2.45) is 5.92 Å². The molecule has 0 aliphatic carbocycles. The summed E-state index contributed by atoms with van der Waals surface area (Å²) in [5, 5.41) is 5.48. The largest absolute Gasteiger partial charge is 0.497 e. The van der Waals surface area contributed by atoms with Gasteiger partial charge in [-0.3, -0.25) is 4.79 Å². The summed E-state index contributed by atoms with van der Waals surface area (Å²) in [6.07, 6.45) is -0.114. The van der Waals surface area contributed by atoms with E-state index in [1.807, 2.05) is 44.2 Å². The number of benzene rings is 2. The van der Waals surface area contributed by atoms with Gasteiger partial charge < -0.3 is 20.1 Å². The number of amides is 2. The molecule has 0 bridgehead atoms. The zero-order valence-electron chi connectivity index (χ0n) is 15.9. The molecule has 0 saturated heterocycles. The molecule has 27 heavy (non-hydrogen) atoms. The Balaban J connectivity index is 1.93. The van der Waals surface area contributed by atoms with Crippen molar-refractivity contribution in [1.29, 1.82) is 0 Å². The first-order chi connectivity index (χ1) is 13.0. The lowest BCUT2D eigenvalue weighted by Gasteiger charge is -2.20. The van der Waals surface area contributed by atoms with Crippen molar-refractivity contribution < 1.29 is 19.1 Å². The number of ether oxygens (including phenoxy) is 2. The number of nitrogens with one attached hydrogen (secondary N) is 2. The van der Waals surface area contributed by atoms with E-state index in [-0.39, 0.29) is 18.4 Å². The van der Waals surface area contributed by atoms with Crippen molar-refractivity contribution >= 4 is 17.7 Å². The van der Waals surface area contributed by atoms with Crippen molar-refractivity contribution in [3.05, 3.63) is 60.2 Å². The van der Waals surface area contributed by atoms with E-state index in [1.54, 1.807) is 31.4 Å². The third-order valence-corrected chi connectivity index (χ3v) is 3.89. The highest BCUT2D eigenvalue weighted by molar-refractivity contribution is 5.96. The number of alkyl carbamates (subject to hydrolysis) is 1. The van der Waals surface area contributed by atoms with Crippen LogP contribution >= 0.6 is 0 Å². The summed E-state index contributed by atoms with van der Waals surface area (Å²) >= 11 is 0. The van der Waals surface area contributed by atoms with E-state index in [2.05, 4.69) is 10.6 Å². The van der Waals surface area contributed by atoms with Gasteiger partial charge in [0.1, 0.15) is 18.4 Å². The molecular formula is C21H26N2O4. The molecule has 0 saturated carbocycles. The van der Waals surface area contributed by atoms with Crippen LogP contribution < -0.4 is 15.4 Å². The van der Waals surface area contributed by atoms with Crippen LogP contribution in [0.25, 0.3) is 0 Å². The molecule has 0 fully saturated rings. The smallest absolute Gasteiger partial charge is 0.408 e. The number of hydrogen-bond acceptors (Lipinski definition) is 4. The first-order valence-electron chi connectivity index (χ1n) is 8.90. The van der Waals surface area contributed by atoms with Gasteiger partial charge in [-0.1, -0.05) is 44.2 Å². The SMILES string of the molecule is COc1ccc(NC(=O)C(CC(C)C)NC(=O)OCc2ccccc2)cc1. The standard InChI is InChI=1S/C21H26N2O4/c1-15(2)13-19(20(24)22-17-9-11-18(26-3)12-10-17)23-21(25)27-14-16-7-5-4-6-8-16/h4-12,15,19H,13-14H2,1-3H3,(H,22,24)(H,23,25). The maximum Gasteiger partial charge on any atom is 0.408 e. The predicted molar refractivity (Wildman–Crippen MR) is 105 cm³/mol. The van der Waals surface area contributed by atoms with Crippen molar-refractivity contribution in [2.75, 3.05) is 12.4 Å². The van der Waals surface area contributed by atoms with Gasteiger partial charge in [-0.05, 0) is 42.2 Å². The monoisotopic (exact) mass is 370 g/mol. The summed E-state index contributed by atoms with van der Waals surface area (Å²) < 4.78 is 10.3. The molecule has 2 amide bonds. The van der Waals surface area contributed by atoms with E-state index in [0.29, 0.717) is 17.9 Å². The molecule has 2 N–H and O–H groups in total. The van der Waals surface area contributed by atoms with Gasteiger partial charge in [0, 0.05) is 5.69 Å². The quantitative estimate of drug-likeness (QED) is 0.737. The summed E-state index contributed by atoms with van der Waals surface area (Å²) in [5.74, 6) is 0.644. The van der Waals surface area contributed by atoms with Gasteiger partial charge in [-0.2, -0.15) is 0 Å². The first kappa shape index (κ1) is 20.3. The maximum absolute atomic E-state index is 12.6. The fourth-order valence-electron chi connectivity index (χ4n) is 2.51. The minimum Gasteiger partial charge on any atom is -0.497 e. The number of methoxy groups -OCH3 is 1. The summed E-state index contributed by atoms with van der Waals surface area (Å²) in [6, 6.07) is 15.7. The van der Waals surface area contributed by atoms with E-state index < -0.39 is 12.1 Å². The highest BCUT2D eigenvalue weighted by Gasteiger charge is 2.22. The topological polar surface area (TPSA) is 76.7 Å². The van der Waals surface area contributed by atoms with Gasteiger partial charge in [0.15, 0.2) is 0 Å². The van der Waals surface area contributed by atoms with Crippen molar-refractivity contribution in [2.45, 2.75) is 32.9 Å². The van der Waals surface area contributed by atoms with E-state index >= 15 is 0 Å². The Morgan fingerprint density at radius 3 is 2.26 bits per heavy atom. The molecule has 0 heterocycles. The summed E-state index contributed by atoms with van der Waals surface area (Å²) in [4.78, 5) is 24.7. The van der Waals surface area contributed by atoms with Crippen molar-refractivity contribution in [3.8, 4) is 5.75 Å². The van der Waals surface area contributed by atoms with E-state index in [4.69, 9.17) is 9.47 Å². The van der Waals surface area contributed by atoms with Gasteiger partial charge >= 0.3 is 6.09 Å². The molecule has 2 rings (SSSR count). The summed E-state index contributed by atoms with van der Waals surface area (Å²) in [6.45, 7) is 4.14. The molecule has 0 aliphatic rings. The molecule has 2 aromatic rings. The Morgan fingerprint density at radius 1 is 1.00 bits per heavy atom. The highest BCUT2D eigenvalue weighted by Crippen LogP contribution is 2.16. The van der Waals surface area contributed by atoms with Crippen LogP contribution in [0.5, 0.6) is 5.75 Å². The minimum atomic E-state index is -0.685. The number of carbonyl (C=O) groups is 2. The molecule has 6 heteroatoms. The molecule has 144 valence electrons. The Kier molecular flexibility index (Phi) is 7.67. The van der Waals surface area contributed by atoms with Gasteiger partial charge in [0.05, 0.1) is 7.11 Å². The van der Waals surface area contributed by atoms with Gasteiger partial charge in [0.25, 0.3) is 0 Å². The molecule has 0 spiro atoms. The molecule has 6 nitrogen and oxygen atoms in total. The van der Waals surface area contributed by atoms with Crippen LogP contribution in [0.2, 0.25) is 0 Å². The zero-order chi connectivity index (χ0) is 19.6. The second kappa shape index (κ2) is 10.2. The molecule has 1 unspecified atom stereocenters. The van der Waals surface area contributed by atoms with Crippen LogP contribution in [0, 0.1) is 5.92 Å². The normalized spacial score (nSPS) is 11.6. The van der Waals surface area contributed by atoms with E-state index in [9.17, 15) is 9.59 Å². The van der Waals surface area contributed by atoms with Crippen molar-refractivity contribution in [3.63, 3.8) is 0 Å². The Morgan fingerprint density at radius 2 is 1.67 bits per heavy atom. The predicted octanol–water partition coefficient (Wildman–Crippen LogP) is 3.97. The third kappa shape index (κ3) is 7.01. The van der Waals surface area contributed by atoms with Crippen LogP contribution in [0.4, 0.5) is 10.5 Å². The third-order valence-electron chi connectivity index (χ3n) is 3.89. The van der Waals surface area contributed by atoms with Crippen LogP contribution in [0.15, 0.2) is 54.6 Å². The molecule has 0 radical (unpaired) electrons. The Labute approximate surface area is 159 Å². The van der Waals surface area contributed by atoms with Gasteiger partial charge in [0.2, 0.25) is 5.91 Å². The van der Waals surface area contributed by atoms with Crippen LogP contribution in [-0.4, -0.2) is 25.2 Å². The Bertz CT molecular complexity index is 730. The van der Waals surface area contributed by atoms with Crippen LogP contribution in [0.3, 0.4) is 0 Å². The number of anilines is 1. The van der Waals surface area contributed by atoms with Crippen LogP contribution in [-0.2, 0) is 16.1 Å². The average Bonchev–Trinajstić information content (AvgIpc) is 2.67. The van der Waals surface area contributed by atoms with Crippen LogP contribution in [0.1, 0.15) is 25.8 Å². The zero-order valence-corrected chi connectivity index (χ0v) is 15.9. The first-order valence-corrected chi connectivity index (χ1v) is 8.90. The second-order valence-electron chi connectivity index (χ2n) is 6.61. The molecule has 0 aromatic heterocycles. The summed E-state index contributed by atoms with van der Waals surface area (Å²) in [7, 11) is 1.58. The number of hydrogen-bond donors (Lipinski definition) is 2. The molecule has 0 aliphatic heterocycles. The fourth-order valence-corrected chi connectivity index (χ4v) is 2.51. The van der Waals surface area contributed by atoms with E-state index in [0.717, 1.165) is 5.56 Å². The van der Waals surface area contributed by atoms with Gasteiger partial charge in [-0.15, -0.1) is 0 Å². The molecular weight excluding hydrogens is 344 g/mol. The second-order valence-corrected chi connectivity index (χ2v) is 6.61. The molecule has 1 atom stereocenters. The lowest BCUT2D eigenvalue weighted by molar-refractivity contribution is -0.118. The average molecular weight is 370 g/mol. The number of carbonyl (C=O) groups excluding carboxylic acids is 2. The lowest BCUT2D eigenvalue weighted by atomic mass is 10.0.